The van der Waals surface area contributed by atoms with Crippen LogP contribution in [0.15, 0.2) is 62.2 Å². The molecule has 0 N–H and O–H groups in total. The van der Waals surface area contributed by atoms with E-state index in [-0.39, 0.29) is 0 Å². The molecule has 0 aliphatic carbocycles. The zero-order valence-corrected chi connectivity index (χ0v) is 8.21. The largest absolute Gasteiger partial charge is 0.165 e. The van der Waals surface area contributed by atoms with E-state index in [2.05, 4.69) is 26.3 Å². The van der Waals surface area contributed by atoms with Crippen molar-refractivity contribution in [3.8, 4) is 0 Å². The lowest BCUT2D eigenvalue weighted by molar-refractivity contribution is 1.04. The summed E-state index contributed by atoms with van der Waals surface area (Å²) in [6.07, 6.45) is 10.5. The van der Waals surface area contributed by atoms with Gasteiger partial charge in [0.05, 0.1) is 0 Å². The first-order valence-corrected chi connectivity index (χ1v) is 4.46. The maximum atomic E-state index is 3.79. The van der Waals surface area contributed by atoms with Crippen LogP contribution in [0.25, 0.3) is 0 Å². The Balaban J connectivity index is 4.25. The number of hydrogen-bond acceptors (Lipinski definition) is 0. The van der Waals surface area contributed by atoms with Crippen LogP contribution in [0, 0.1) is 0 Å². The Bertz CT molecular complexity index is 223. The average molecular weight is 172 g/mol. The molecular weight excluding hydrogens is 155 g/mol. The summed E-state index contributed by atoms with van der Waals surface area (Å²) in [5.41, 5.74) is 1.20. The lowest BCUT2D eigenvalue weighted by atomic mass is 9.57. The molecule has 1 unspecified atom stereocenters. The summed E-state index contributed by atoms with van der Waals surface area (Å²) in [7, 11) is 0.963. The number of hydrogen-bond donors (Lipinski definition) is 0. The van der Waals surface area contributed by atoms with Crippen molar-refractivity contribution in [2.75, 3.05) is 0 Å². The van der Waals surface area contributed by atoms with E-state index in [0.29, 0.717) is 5.82 Å². The van der Waals surface area contributed by atoms with E-state index in [0.717, 1.165) is 13.7 Å². The van der Waals surface area contributed by atoms with Crippen LogP contribution >= 0.6 is 0 Å². The third kappa shape index (κ3) is 5.08. The molecule has 0 aromatic rings. The van der Waals surface area contributed by atoms with Crippen LogP contribution in [-0.4, -0.2) is 7.28 Å². The minimum Gasteiger partial charge on any atom is -0.103 e. The van der Waals surface area contributed by atoms with Crippen molar-refractivity contribution >= 4 is 7.28 Å². The number of allylic oxidation sites excluding steroid dienone is 6. The van der Waals surface area contributed by atoms with Gasteiger partial charge in [-0.05, 0) is 12.2 Å². The van der Waals surface area contributed by atoms with Crippen molar-refractivity contribution in [1.29, 1.82) is 0 Å². The van der Waals surface area contributed by atoms with Gasteiger partial charge in [-0.2, -0.15) is 0 Å². The molecule has 0 radical (unpaired) electrons. The zero-order chi connectivity index (χ0) is 10.1. The highest BCUT2D eigenvalue weighted by Gasteiger charge is 2.05. The molecule has 0 spiro atoms. The molecule has 0 rings (SSSR count). The minimum absolute atomic E-state index is 0.460. The summed E-state index contributed by atoms with van der Waals surface area (Å²) in [5.74, 6) is 0.460. The van der Waals surface area contributed by atoms with Gasteiger partial charge in [0.25, 0.3) is 0 Å². The second-order valence-electron chi connectivity index (χ2n) is 2.91. The molecule has 68 valence electrons. The molecule has 0 fully saturated rings. The minimum atomic E-state index is 0.460. The molecule has 0 amide bonds. The van der Waals surface area contributed by atoms with E-state index in [9.17, 15) is 0 Å². The normalized spacial score (nSPS) is 12.8. The van der Waals surface area contributed by atoms with Crippen LogP contribution in [0.2, 0.25) is 5.82 Å². The first-order chi connectivity index (χ1) is 6.28. The molecule has 0 aromatic heterocycles. The van der Waals surface area contributed by atoms with Gasteiger partial charge in [0.15, 0.2) is 7.28 Å². The molecular formula is C12H17B. The summed E-state index contributed by atoms with van der Waals surface area (Å²) in [4.78, 5) is 0. The summed E-state index contributed by atoms with van der Waals surface area (Å²) in [6, 6.07) is 0. The van der Waals surface area contributed by atoms with Gasteiger partial charge in [-0.25, -0.2) is 0 Å². The lowest BCUT2D eigenvalue weighted by Gasteiger charge is -2.07. The molecule has 0 nitrogen and oxygen atoms in total. The highest BCUT2D eigenvalue weighted by Crippen LogP contribution is 2.14. The Morgan fingerprint density at radius 2 is 1.92 bits per heavy atom. The van der Waals surface area contributed by atoms with Gasteiger partial charge >= 0.3 is 0 Å². The van der Waals surface area contributed by atoms with Crippen molar-refractivity contribution in [2.45, 2.75) is 12.2 Å². The Morgan fingerprint density at radius 3 is 2.31 bits per heavy atom. The van der Waals surface area contributed by atoms with Gasteiger partial charge in [-0.1, -0.05) is 49.0 Å². The molecule has 1 heteroatoms. The standard InChI is InChI=1S/C12H17B/c1-5-9-11(7-3)13-12(8-4)10-6-2/h5-9,12-13H,1-4,10H2/b11-9+. The molecule has 0 heterocycles. The van der Waals surface area contributed by atoms with Gasteiger partial charge in [-0.15, -0.1) is 13.2 Å². The van der Waals surface area contributed by atoms with Gasteiger partial charge in [0.1, 0.15) is 0 Å². The predicted octanol–water partition coefficient (Wildman–Crippen LogP) is 3.23. The molecule has 0 aliphatic heterocycles. The zero-order valence-electron chi connectivity index (χ0n) is 8.21. The van der Waals surface area contributed by atoms with Crippen LogP contribution in [0.5, 0.6) is 0 Å². The Morgan fingerprint density at radius 1 is 1.23 bits per heavy atom. The summed E-state index contributed by atoms with van der Waals surface area (Å²) >= 11 is 0. The SMILES string of the molecule is C=C/C=C(/BC(C=C)CC=C)C=C. The monoisotopic (exact) mass is 172 g/mol. The second-order valence-corrected chi connectivity index (χ2v) is 2.91. The molecule has 0 aliphatic rings. The van der Waals surface area contributed by atoms with Crippen molar-refractivity contribution in [3.63, 3.8) is 0 Å². The molecule has 13 heavy (non-hydrogen) atoms. The van der Waals surface area contributed by atoms with Gasteiger partial charge in [0.2, 0.25) is 0 Å². The fourth-order valence-electron chi connectivity index (χ4n) is 1.15. The van der Waals surface area contributed by atoms with Crippen LogP contribution in [0.3, 0.4) is 0 Å². The third-order valence-corrected chi connectivity index (χ3v) is 1.89. The fourth-order valence-corrected chi connectivity index (χ4v) is 1.15. The molecule has 1 atom stereocenters. The van der Waals surface area contributed by atoms with E-state index in [1.54, 1.807) is 6.08 Å². The van der Waals surface area contributed by atoms with Crippen LogP contribution in [-0.2, 0) is 0 Å². The molecule has 0 saturated carbocycles. The lowest BCUT2D eigenvalue weighted by Crippen LogP contribution is -2.02. The number of rotatable bonds is 7. The van der Waals surface area contributed by atoms with Gasteiger partial charge < -0.3 is 0 Å². The van der Waals surface area contributed by atoms with Gasteiger partial charge in [0, 0.05) is 0 Å². The van der Waals surface area contributed by atoms with Crippen LogP contribution in [0.1, 0.15) is 6.42 Å². The molecule has 0 bridgehead atoms. The van der Waals surface area contributed by atoms with Crippen molar-refractivity contribution in [2.24, 2.45) is 0 Å². The van der Waals surface area contributed by atoms with E-state index in [1.165, 1.54) is 5.47 Å². The third-order valence-electron chi connectivity index (χ3n) is 1.89. The van der Waals surface area contributed by atoms with E-state index in [4.69, 9.17) is 0 Å². The maximum Gasteiger partial charge on any atom is 0.165 e. The average Bonchev–Trinajstić information content (AvgIpc) is 2.16. The van der Waals surface area contributed by atoms with E-state index < -0.39 is 0 Å². The summed E-state index contributed by atoms with van der Waals surface area (Å²) < 4.78 is 0. The van der Waals surface area contributed by atoms with E-state index >= 15 is 0 Å². The Hall–Kier alpha value is -1.24. The van der Waals surface area contributed by atoms with E-state index in [1.807, 2.05) is 24.3 Å². The summed E-state index contributed by atoms with van der Waals surface area (Å²) in [5, 5.41) is 0. The van der Waals surface area contributed by atoms with Crippen molar-refractivity contribution in [1.82, 2.24) is 0 Å². The topological polar surface area (TPSA) is 0 Å². The smallest absolute Gasteiger partial charge is 0.103 e. The Kier molecular flexibility index (Phi) is 6.71. The second kappa shape index (κ2) is 7.42. The predicted molar refractivity (Wildman–Crippen MR) is 64.4 cm³/mol. The highest BCUT2D eigenvalue weighted by atomic mass is 13.9. The van der Waals surface area contributed by atoms with Crippen molar-refractivity contribution in [3.05, 3.63) is 62.2 Å². The quantitative estimate of drug-likeness (QED) is 0.314. The first kappa shape index (κ1) is 11.8. The van der Waals surface area contributed by atoms with Crippen LogP contribution < -0.4 is 0 Å². The van der Waals surface area contributed by atoms with Crippen molar-refractivity contribution < 1.29 is 0 Å². The molecule has 0 aromatic carbocycles. The highest BCUT2D eigenvalue weighted by molar-refractivity contribution is 6.49. The molecule has 0 saturated heterocycles. The van der Waals surface area contributed by atoms with Gasteiger partial charge in [-0.3, -0.25) is 0 Å². The first-order valence-electron chi connectivity index (χ1n) is 4.46. The fraction of sp³-hybridized carbons (Fsp3) is 0.167. The Labute approximate surface area is 82.3 Å². The van der Waals surface area contributed by atoms with Crippen LogP contribution in [0.4, 0.5) is 0 Å². The maximum absolute atomic E-state index is 3.79. The summed E-state index contributed by atoms with van der Waals surface area (Å²) in [6.45, 7) is 14.9.